The SMILES string of the molecule is CCN(C(C)=O)[C@H]1CN(CCCOC)S(=O)(=O)c2sc(S(N)(=O)=O)cc21. The number of ether oxygens (including phenoxy) is 1. The van der Waals surface area contributed by atoms with Crippen LogP contribution in [0.15, 0.2) is 14.5 Å². The summed E-state index contributed by atoms with van der Waals surface area (Å²) in [5.41, 5.74) is 0.305. The molecule has 2 heterocycles. The van der Waals surface area contributed by atoms with Gasteiger partial charge in [0.1, 0.15) is 8.42 Å². The summed E-state index contributed by atoms with van der Waals surface area (Å²) >= 11 is 0.624. The van der Waals surface area contributed by atoms with E-state index in [9.17, 15) is 21.6 Å². The zero-order chi connectivity index (χ0) is 19.7. The number of hydrogen-bond donors (Lipinski definition) is 1. The second-order valence-electron chi connectivity index (χ2n) is 5.88. The lowest BCUT2D eigenvalue weighted by Gasteiger charge is -2.37. The topological polar surface area (TPSA) is 127 Å². The van der Waals surface area contributed by atoms with E-state index in [0.717, 1.165) is 0 Å². The maximum absolute atomic E-state index is 12.9. The molecule has 0 spiro atoms. The average Bonchev–Trinajstić information content (AvgIpc) is 2.98. The molecular weight excluding hydrogens is 402 g/mol. The van der Waals surface area contributed by atoms with Gasteiger partial charge in [-0.05, 0) is 19.4 Å². The number of primary sulfonamides is 1. The molecule has 2 N–H and O–H groups in total. The minimum Gasteiger partial charge on any atom is -0.385 e. The van der Waals surface area contributed by atoms with Crippen molar-refractivity contribution in [3.8, 4) is 0 Å². The van der Waals surface area contributed by atoms with Crippen molar-refractivity contribution in [2.24, 2.45) is 5.14 Å². The number of likely N-dealkylation sites (N-methyl/N-ethyl adjacent to an activating group) is 1. The van der Waals surface area contributed by atoms with Gasteiger partial charge in [-0.1, -0.05) is 0 Å². The molecule has 1 amide bonds. The number of fused-ring (bicyclic) bond motifs is 1. The number of sulfonamides is 2. The van der Waals surface area contributed by atoms with Crippen molar-refractivity contribution < 1.29 is 26.4 Å². The molecule has 0 aliphatic carbocycles. The van der Waals surface area contributed by atoms with Crippen molar-refractivity contribution >= 4 is 37.3 Å². The molecule has 0 saturated carbocycles. The van der Waals surface area contributed by atoms with Crippen molar-refractivity contribution in [2.45, 2.75) is 34.7 Å². The molecule has 0 saturated heterocycles. The first-order valence-corrected chi connectivity index (χ1v) is 11.8. The summed E-state index contributed by atoms with van der Waals surface area (Å²) in [5, 5.41) is 5.18. The number of hydrogen-bond acceptors (Lipinski definition) is 7. The van der Waals surface area contributed by atoms with E-state index in [-0.39, 0.29) is 27.4 Å². The molecular formula is C14H23N3O6S3. The number of nitrogens with two attached hydrogens (primary N) is 1. The van der Waals surface area contributed by atoms with Gasteiger partial charge in [0.25, 0.3) is 10.0 Å². The Balaban J connectivity index is 2.58. The number of nitrogens with zero attached hydrogens (tertiary/aromatic N) is 2. The van der Waals surface area contributed by atoms with Crippen LogP contribution in [-0.2, 0) is 29.6 Å². The van der Waals surface area contributed by atoms with E-state index in [2.05, 4.69) is 0 Å². The Labute approximate surface area is 157 Å². The molecule has 0 unspecified atom stereocenters. The third-order valence-corrected chi connectivity index (χ3v) is 9.13. The van der Waals surface area contributed by atoms with Crippen molar-refractivity contribution in [1.29, 1.82) is 0 Å². The molecule has 1 aromatic rings. The summed E-state index contributed by atoms with van der Waals surface area (Å²) in [4.78, 5) is 13.5. The molecule has 1 atom stereocenters. The molecule has 1 aliphatic heterocycles. The van der Waals surface area contributed by atoms with Gasteiger partial charge in [0.05, 0.1) is 6.04 Å². The monoisotopic (exact) mass is 425 g/mol. The molecule has 2 rings (SSSR count). The van der Waals surface area contributed by atoms with Gasteiger partial charge in [-0.3, -0.25) is 4.79 Å². The van der Waals surface area contributed by atoms with E-state index in [0.29, 0.717) is 36.5 Å². The smallest absolute Gasteiger partial charge is 0.253 e. The number of amides is 1. The second kappa shape index (κ2) is 7.90. The first kappa shape index (κ1) is 21.3. The highest BCUT2D eigenvalue weighted by molar-refractivity contribution is 7.94. The third-order valence-electron chi connectivity index (χ3n) is 4.17. The first-order valence-electron chi connectivity index (χ1n) is 7.96. The molecule has 1 aliphatic rings. The van der Waals surface area contributed by atoms with E-state index in [1.807, 2.05) is 0 Å². The van der Waals surface area contributed by atoms with Crippen molar-refractivity contribution in [1.82, 2.24) is 9.21 Å². The van der Waals surface area contributed by atoms with Crippen molar-refractivity contribution in [2.75, 3.05) is 33.4 Å². The summed E-state index contributed by atoms with van der Waals surface area (Å²) in [6.07, 6.45) is 0.484. The van der Waals surface area contributed by atoms with Gasteiger partial charge in [0.15, 0.2) is 0 Å². The Morgan fingerprint density at radius 2 is 2.15 bits per heavy atom. The van der Waals surface area contributed by atoms with Gasteiger partial charge in [-0.25, -0.2) is 22.0 Å². The van der Waals surface area contributed by atoms with E-state index in [1.165, 1.54) is 29.3 Å². The summed E-state index contributed by atoms with van der Waals surface area (Å²) < 4.78 is 55.2. The van der Waals surface area contributed by atoms with E-state index in [1.54, 1.807) is 6.92 Å². The van der Waals surface area contributed by atoms with Gasteiger partial charge in [0, 0.05) is 45.8 Å². The lowest BCUT2D eigenvalue weighted by atomic mass is 10.1. The van der Waals surface area contributed by atoms with Gasteiger partial charge in [-0.2, -0.15) is 4.31 Å². The predicted octanol–water partition coefficient (Wildman–Crippen LogP) is 0.346. The predicted molar refractivity (Wildman–Crippen MR) is 96.7 cm³/mol. The molecule has 0 aromatic carbocycles. The Kier molecular flexibility index (Phi) is 6.46. The van der Waals surface area contributed by atoms with Crippen LogP contribution < -0.4 is 5.14 Å². The van der Waals surface area contributed by atoms with Crippen LogP contribution in [0.5, 0.6) is 0 Å². The van der Waals surface area contributed by atoms with Crippen LogP contribution in [0.2, 0.25) is 0 Å². The summed E-state index contributed by atoms with van der Waals surface area (Å²) in [6, 6.07) is 0.709. The lowest BCUT2D eigenvalue weighted by molar-refractivity contribution is -0.131. The lowest BCUT2D eigenvalue weighted by Crippen LogP contribution is -2.46. The molecule has 12 heteroatoms. The molecule has 0 radical (unpaired) electrons. The fourth-order valence-electron chi connectivity index (χ4n) is 2.97. The van der Waals surface area contributed by atoms with Gasteiger partial charge in [0.2, 0.25) is 15.9 Å². The number of methoxy groups -OCH3 is 1. The number of carbonyl (C=O) groups is 1. The van der Waals surface area contributed by atoms with Crippen LogP contribution in [0.3, 0.4) is 0 Å². The highest BCUT2D eigenvalue weighted by Crippen LogP contribution is 2.42. The molecule has 9 nitrogen and oxygen atoms in total. The number of thiophene rings is 1. The van der Waals surface area contributed by atoms with Gasteiger partial charge >= 0.3 is 0 Å². The third kappa shape index (κ3) is 4.10. The summed E-state index contributed by atoms with van der Waals surface area (Å²) in [7, 11) is -6.39. The number of carbonyl (C=O) groups excluding carboxylic acids is 1. The van der Waals surface area contributed by atoms with E-state index in [4.69, 9.17) is 9.88 Å². The molecule has 0 fully saturated rings. The van der Waals surface area contributed by atoms with Crippen LogP contribution in [0.1, 0.15) is 31.9 Å². The van der Waals surface area contributed by atoms with Crippen LogP contribution in [0.25, 0.3) is 0 Å². The zero-order valence-corrected chi connectivity index (χ0v) is 17.3. The molecule has 1 aromatic heterocycles. The normalized spacial score (nSPS) is 19.9. The van der Waals surface area contributed by atoms with Gasteiger partial charge < -0.3 is 9.64 Å². The Hall–Kier alpha value is -1.05. The fourth-order valence-corrected chi connectivity index (χ4v) is 7.26. The van der Waals surface area contributed by atoms with Crippen LogP contribution in [0, 0.1) is 0 Å². The van der Waals surface area contributed by atoms with E-state index >= 15 is 0 Å². The van der Waals surface area contributed by atoms with E-state index < -0.39 is 26.1 Å². The Morgan fingerprint density at radius 3 is 2.65 bits per heavy atom. The quantitative estimate of drug-likeness (QED) is 0.628. The van der Waals surface area contributed by atoms with Crippen LogP contribution in [-0.4, -0.2) is 65.3 Å². The Morgan fingerprint density at radius 1 is 1.50 bits per heavy atom. The minimum absolute atomic E-state index is 0.0628. The van der Waals surface area contributed by atoms with Crippen LogP contribution >= 0.6 is 11.3 Å². The highest BCUT2D eigenvalue weighted by atomic mass is 32.3. The second-order valence-corrected chi connectivity index (χ2v) is 10.9. The average molecular weight is 426 g/mol. The zero-order valence-electron chi connectivity index (χ0n) is 14.8. The summed E-state index contributed by atoms with van der Waals surface area (Å²) in [6.45, 7) is 4.21. The summed E-state index contributed by atoms with van der Waals surface area (Å²) in [5.74, 6) is -0.219. The highest BCUT2D eigenvalue weighted by Gasteiger charge is 2.42. The first-order chi connectivity index (χ1) is 12.0. The molecule has 148 valence electrons. The fraction of sp³-hybridized carbons (Fsp3) is 0.643. The number of rotatable bonds is 7. The van der Waals surface area contributed by atoms with Gasteiger partial charge in [-0.15, -0.1) is 11.3 Å². The minimum atomic E-state index is -4.05. The largest absolute Gasteiger partial charge is 0.385 e. The molecule has 26 heavy (non-hydrogen) atoms. The Bertz CT molecular complexity index is 878. The molecule has 0 bridgehead atoms. The maximum atomic E-state index is 12.9. The van der Waals surface area contributed by atoms with Crippen LogP contribution in [0.4, 0.5) is 0 Å². The van der Waals surface area contributed by atoms with Crippen molar-refractivity contribution in [3.63, 3.8) is 0 Å². The maximum Gasteiger partial charge on any atom is 0.253 e. The standard InChI is InChI=1S/C14H23N3O6S3/c1-4-17(10(2)18)12-9-16(6-5-7-23-3)26(21,22)14-11(12)8-13(24-14)25(15,19)20/h8,12H,4-7,9H2,1-3H3,(H2,15,19,20)/t12-/m0/s1. The van der Waals surface area contributed by atoms with Crippen molar-refractivity contribution in [3.05, 3.63) is 11.6 Å².